The van der Waals surface area contributed by atoms with Gasteiger partial charge in [0.05, 0.1) is 17.5 Å². The van der Waals surface area contributed by atoms with Crippen molar-refractivity contribution in [1.82, 2.24) is 25.1 Å². The van der Waals surface area contributed by atoms with E-state index >= 15 is 0 Å². The molecule has 1 amide bonds. The van der Waals surface area contributed by atoms with Crippen LogP contribution in [0.4, 0.5) is 19.0 Å². The lowest BCUT2D eigenvalue weighted by molar-refractivity contribution is -0.156. The number of amides is 1. The number of carbonyl (C=O) groups excluding carboxylic acids is 1. The second-order valence-corrected chi connectivity index (χ2v) is 8.18. The molecule has 2 aliphatic heterocycles. The SMILES string of the molecule is C[C@@H]1CNCC[C@@H]1n1nc(-c2ncnc3c2[C@H](C(F)(F)F)CC(=O)N3)c2ccccc21. The minimum Gasteiger partial charge on any atom is -0.316 e. The van der Waals surface area contributed by atoms with Gasteiger partial charge in [-0.2, -0.15) is 18.3 Å². The Morgan fingerprint density at radius 3 is 2.74 bits per heavy atom. The van der Waals surface area contributed by atoms with E-state index in [-0.39, 0.29) is 23.1 Å². The van der Waals surface area contributed by atoms with Crippen molar-refractivity contribution in [3.63, 3.8) is 0 Å². The van der Waals surface area contributed by atoms with Crippen LogP contribution in [0.1, 0.15) is 37.3 Å². The van der Waals surface area contributed by atoms with E-state index in [4.69, 9.17) is 5.10 Å². The van der Waals surface area contributed by atoms with E-state index in [2.05, 4.69) is 27.5 Å². The summed E-state index contributed by atoms with van der Waals surface area (Å²) in [5.41, 5.74) is 1.23. The predicted octanol–water partition coefficient (Wildman–Crippen LogP) is 3.65. The number of rotatable bonds is 2. The fourth-order valence-corrected chi connectivity index (χ4v) is 4.64. The van der Waals surface area contributed by atoms with Crippen LogP contribution in [0.3, 0.4) is 0 Å². The van der Waals surface area contributed by atoms with Crippen LogP contribution < -0.4 is 10.6 Å². The molecule has 1 fully saturated rings. The van der Waals surface area contributed by atoms with Crippen molar-refractivity contribution in [3.8, 4) is 11.4 Å². The van der Waals surface area contributed by atoms with Crippen molar-refractivity contribution in [2.75, 3.05) is 18.4 Å². The Hall–Kier alpha value is -3.01. The lowest BCUT2D eigenvalue weighted by Crippen LogP contribution is -2.36. The minimum atomic E-state index is -4.60. The van der Waals surface area contributed by atoms with E-state index in [1.807, 2.05) is 28.9 Å². The first-order valence-electron chi connectivity index (χ1n) is 10.2. The van der Waals surface area contributed by atoms with Gasteiger partial charge in [0.25, 0.3) is 0 Å². The van der Waals surface area contributed by atoms with Crippen molar-refractivity contribution < 1.29 is 18.0 Å². The highest BCUT2D eigenvalue weighted by molar-refractivity contribution is 5.98. The van der Waals surface area contributed by atoms with Gasteiger partial charge in [-0.1, -0.05) is 25.1 Å². The lowest BCUT2D eigenvalue weighted by Gasteiger charge is -2.30. The summed E-state index contributed by atoms with van der Waals surface area (Å²) in [7, 11) is 0. The number of nitrogens with one attached hydrogen (secondary N) is 2. The smallest absolute Gasteiger partial charge is 0.316 e. The summed E-state index contributed by atoms with van der Waals surface area (Å²) in [5.74, 6) is -2.48. The van der Waals surface area contributed by atoms with Gasteiger partial charge in [0.15, 0.2) is 0 Å². The minimum absolute atomic E-state index is 0.0996. The number of piperidine rings is 1. The normalized spacial score (nSPS) is 24.1. The summed E-state index contributed by atoms with van der Waals surface area (Å²) in [5, 5.41) is 11.4. The van der Waals surface area contributed by atoms with E-state index < -0.39 is 24.4 Å². The molecule has 0 unspecified atom stereocenters. The molecule has 0 radical (unpaired) electrons. The Balaban J connectivity index is 1.73. The Kier molecular flexibility index (Phi) is 4.69. The molecule has 0 aliphatic carbocycles. The summed E-state index contributed by atoms with van der Waals surface area (Å²) < 4.78 is 43.6. The van der Waals surface area contributed by atoms with E-state index in [9.17, 15) is 18.0 Å². The summed E-state index contributed by atoms with van der Waals surface area (Å²) in [6.07, 6.45) is -3.25. The summed E-state index contributed by atoms with van der Waals surface area (Å²) >= 11 is 0. The third kappa shape index (κ3) is 3.34. The summed E-state index contributed by atoms with van der Waals surface area (Å²) in [6, 6.07) is 7.62. The molecular weight excluding hydrogens is 409 g/mol. The molecule has 3 atom stereocenters. The van der Waals surface area contributed by atoms with Gasteiger partial charge in [-0.05, 0) is 31.5 Å². The molecule has 2 aromatic heterocycles. The van der Waals surface area contributed by atoms with Crippen molar-refractivity contribution in [2.45, 2.75) is 37.9 Å². The van der Waals surface area contributed by atoms with Crippen LogP contribution in [0.15, 0.2) is 30.6 Å². The van der Waals surface area contributed by atoms with Gasteiger partial charge >= 0.3 is 6.18 Å². The van der Waals surface area contributed by atoms with E-state index in [1.54, 1.807) is 0 Å². The molecule has 2 N–H and O–H groups in total. The molecule has 1 aromatic carbocycles. The second-order valence-electron chi connectivity index (χ2n) is 8.18. The number of hydrogen-bond acceptors (Lipinski definition) is 5. The zero-order valence-corrected chi connectivity index (χ0v) is 16.8. The zero-order valence-electron chi connectivity index (χ0n) is 16.8. The lowest BCUT2D eigenvalue weighted by atomic mass is 9.89. The van der Waals surface area contributed by atoms with Gasteiger partial charge in [0.2, 0.25) is 5.91 Å². The number of carbonyl (C=O) groups is 1. The number of para-hydroxylation sites is 1. The topological polar surface area (TPSA) is 84.7 Å². The average Bonchev–Trinajstić information content (AvgIpc) is 3.11. The fourth-order valence-electron chi connectivity index (χ4n) is 4.64. The van der Waals surface area contributed by atoms with Crippen LogP contribution in [0, 0.1) is 5.92 Å². The molecule has 0 bridgehead atoms. The van der Waals surface area contributed by atoms with Gasteiger partial charge < -0.3 is 10.6 Å². The maximum Gasteiger partial charge on any atom is 0.396 e. The maximum atomic E-state index is 13.9. The first-order chi connectivity index (χ1) is 14.8. The molecule has 10 heteroatoms. The Morgan fingerprint density at radius 1 is 1.16 bits per heavy atom. The van der Waals surface area contributed by atoms with Crippen molar-refractivity contribution >= 4 is 22.6 Å². The molecule has 5 rings (SSSR count). The highest BCUT2D eigenvalue weighted by Gasteiger charge is 2.47. The number of halogens is 3. The van der Waals surface area contributed by atoms with E-state index in [0.717, 1.165) is 30.4 Å². The Morgan fingerprint density at radius 2 is 1.97 bits per heavy atom. The average molecular weight is 430 g/mol. The van der Waals surface area contributed by atoms with Crippen LogP contribution in [0.25, 0.3) is 22.3 Å². The van der Waals surface area contributed by atoms with E-state index in [1.165, 1.54) is 6.33 Å². The summed E-state index contributed by atoms with van der Waals surface area (Å²) in [4.78, 5) is 20.0. The Bertz CT molecular complexity index is 1160. The molecule has 7 nitrogen and oxygen atoms in total. The van der Waals surface area contributed by atoms with Crippen LogP contribution >= 0.6 is 0 Å². The number of nitrogens with zero attached hydrogens (tertiary/aromatic N) is 4. The van der Waals surface area contributed by atoms with Gasteiger partial charge in [-0.3, -0.25) is 9.48 Å². The molecule has 0 saturated carbocycles. The first kappa shape index (κ1) is 19.9. The Labute approximate surface area is 176 Å². The van der Waals surface area contributed by atoms with E-state index in [0.29, 0.717) is 11.6 Å². The monoisotopic (exact) mass is 430 g/mol. The number of alkyl halides is 3. The van der Waals surface area contributed by atoms with Crippen molar-refractivity contribution in [1.29, 1.82) is 0 Å². The quantitative estimate of drug-likeness (QED) is 0.648. The number of hydrogen-bond donors (Lipinski definition) is 2. The highest BCUT2D eigenvalue weighted by atomic mass is 19.4. The van der Waals surface area contributed by atoms with Crippen molar-refractivity contribution in [2.24, 2.45) is 5.92 Å². The third-order valence-electron chi connectivity index (χ3n) is 6.17. The fraction of sp³-hybridized carbons (Fsp3) is 0.429. The molecule has 0 spiro atoms. The van der Waals surface area contributed by atoms with Gasteiger partial charge in [-0.15, -0.1) is 0 Å². The molecular formula is C21H21F3N6O. The number of anilines is 1. The number of benzene rings is 1. The molecule has 3 aromatic rings. The zero-order chi connectivity index (χ0) is 21.8. The van der Waals surface area contributed by atoms with Gasteiger partial charge in [-0.25, -0.2) is 9.97 Å². The van der Waals surface area contributed by atoms with Crippen LogP contribution in [0.2, 0.25) is 0 Å². The standard InChI is InChI=1S/C21H21F3N6O/c1-11-9-25-7-6-14(11)30-15-5-3-2-4-12(15)18(29-30)19-17-13(21(22,23)24)8-16(31)28-20(17)27-10-26-19/h2-5,10-11,13-14,25H,6-9H2,1H3,(H,26,27,28,31)/t11-,13-,14+/m1/s1. The second kappa shape index (κ2) is 7.30. The van der Waals surface area contributed by atoms with Crippen LogP contribution in [-0.2, 0) is 4.79 Å². The molecule has 4 heterocycles. The maximum absolute atomic E-state index is 13.9. The molecule has 1 saturated heterocycles. The predicted molar refractivity (Wildman–Crippen MR) is 108 cm³/mol. The van der Waals surface area contributed by atoms with Gasteiger partial charge in [0.1, 0.15) is 23.5 Å². The molecule has 31 heavy (non-hydrogen) atoms. The number of aromatic nitrogens is 4. The van der Waals surface area contributed by atoms with Crippen LogP contribution in [-0.4, -0.2) is 44.9 Å². The van der Waals surface area contributed by atoms with Crippen molar-refractivity contribution in [3.05, 3.63) is 36.2 Å². The molecule has 162 valence electrons. The van der Waals surface area contributed by atoms with Gasteiger partial charge in [0, 0.05) is 17.4 Å². The third-order valence-corrected chi connectivity index (χ3v) is 6.17. The largest absolute Gasteiger partial charge is 0.396 e. The number of fused-ring (bicyclic) bond motifs is 2. The van der Waals surface area contributed by atoms with Crippen LogP contribution in [0.5, 0.6) is 0 Å². The first-order valence-corrected chi connectivity index (χ1v) is 10.2. The summed E-state index contributed by atoms with van der Waals surface area (Å²) in [6.45, 7) is 3.83. The molecule has 2 aliphatic rings. The highest BCUT2D eigenvalue weighted by Crippen LogP contribution is 2.46.